The van der Waals surface area contributed by atoms with E-state index < -0.39 is 0 Å². The summed E-state index contributed by atoms with van der Waals surface area (Å²) in [7, 11) is 1.55. The van der Waals surface area contributed by atoms with E-state index in [4.69, 9.17) is 31.8 Å². The average Bonchev–Trinajstić information content (AvgIpc) is 3.44. The second-order valence-electron chi connectivity index (χ2n) is 9.73. The molecule has 0 aliphatic rings. The molecule has 3 aromatic carbocycles. The van der Waals surface area contributed by atoms with Gasteiger partial charge in [-0.25, -0.2) is 0 Å². The van der Waals surface area contributed by atoms with Crippen molar-refractivity contribution in [3.05, 3.63) is 111 Å². The van der Waals surface area contributed by atoms with Gasteiger partial charge in [0.15, 0.2) is 0 Å². The van der Waals surface area contributed by atoms with Gasteiger partial charge in [-0.3, -0.25) is 4.79 Å². The Morgan fingerprint density at radius 2 is 1.82 bits per heavy atom. The fourth-order valence-electron chi connectivity index (χ4n) is 4.39. The standard InChI is InChI=1S/C32H33ClN4O3/c1-20-4-10-24(11-5-20)21(2)36-19-26-12-13-30(40-26)28-15-27(29(33)16-31(28)39-3)32(38)37-25(18-35)14-22-6-8-23(17-34)9-7-22/h4-13,15-16,21,25,36H,14,18-19,35H2,1-3H3,(H,37,38)/t21-,25-/m1/s1. The lowest BCUT2D eigenvalue weighted by Gasteiger charge is -2.18. The molecule has 0 bridgehead atoms. The van der Waals surface area contributed by atoms with Crippen LogP contribution >= 0.6 is 11.6 Å². The molecule has 1 amide bonds. The normalized spacial score (nSPS) is 12.4. The number of nitrogens with one attached hydrogen (secondary N) is 2. The lowest BCUT2D eigenvalue weighted by molar-refractivity contribution is 0.0938. The largest absolute Gasteiger partial charge is 0.496 e. The molecule has 40 heavy (non-hydrogen) atoms. The predicted octanol–water partition coefficient (Wildman–Crippen LogP) is 5.94. The minimum absolute atomic E-state index is 0.147. The minimum atomic E-state index is -0.349. The molecule has 0 saturated carbocycles. The summed E-state index contributed by atoms with van der Waals surface area (Å²) in [4.78, 5) is 13.3. The number of amides is 1. The molecule has 206 valence electrons. The molecular weight excluding hydrogens is 524 g/mol. The summed E-state index contributed by atoms with van der Waals surface area (Å²) >= 11 is 6.50. The Balaban J connectivity index is 1.48. The third kappa shape index (κ3) is 7.10. The lowest BCUT2D eigenvalue weighted by Crippen LogP contribution is -2.41. The van der Waals surface area contributed by atoms with Gasteiger partial charge in [0.2, 0.25) is 0 Å². The Hall–Kier alpha value is -4.09. The second-order valence-corrected chi connectivity index (χ2v) is 10.1. The quantitative estimate of drug-likeness (QED) is 0.211. The van der Waals surface area contributed by atoms with Crippen molar-refractivity contribution in [2.45, 2.75) is 38.9 Å². The van der Waals surface area contributed by atoms with Crippen LogP contribution < -0.4 is 21.1 Å². The van der Waals surface area contributed by atoms with E-state index in [1.807, 2.05) is 24.3 Å². The summed E-state index contributed by atoms with van der Waals surface area (Å²) in [5.41, 5.74) is 10.8. The first-order valence-electron chi connectivity index (χ1n) is 13.1. The number of hydrogen-bond acceptors (Lipinski definition) is 6. The Morgan fingerprint density at radius 3 is 2.48 bits per heavy atom. The molecule has 0 fully saturated rings. The number of aryl methyl sites for hydroxylation is 1. The fraction of sp³-hybridized carbons (Fsp3) is 0.250. The number of nitriles is 1. The van der Waals surface area contributed by atoms with Crippen molar-refractivity contribution in [2.75, 3.05) is 13.7 Å². The number of nitrogens with two attached hydrogens (primary N) is 1. The van der Waals surface area contributed by atoms with E-state index in [1.54, 1.807) is 31.4 Å². The van der Waals surface area contributed by atoms with Crippen LogP contribution in [0.15, 0.2) is 77.2 Å². The molecular formula is C32H33ClN4O3. The van der Waals surface area contributed by atoms with Gasteiger partial charge in [0.05, 0.1) is 41.4 Å². The first-order valence-corrected chi connectivity index (χ1v) is 13.5. The van der Waals surface area contributed by atoms with Gasteiger partial charge in [0, 0.05) is 24.7 Å². The van der Waals surface area contributed by atoms with E-state index in [9.17, 15) is 4.79 Å². The molecule has 0 aliphatic carbocycles. The van der Waals surface area contributed by atoms with Crippen LogP contribution in [0.25, 0.3) is 11.3 Å². The van der Waals surface area contributed by atoms with Crippen LogP contribution in [0.1, 0.15) is 51.3 Å². The van der Waals surface area contributed by atoms with Gasteiger partial charge in [0.25, 0.3) is 5.91 Å². The molecule has 0 unspecified atom stereocenters. The van der Waals surface area contributed by atoms with Crippen molar-refractivity contribution in [3.63, 3.8) is 0 Å². The number of halogens is 1. The first-order chi connectivity index (χ1) is 19.3. The van der Waals surface area contributed by atoms with E-state index >= 15 is 0 Å². The predicted molar refractivity (Wildman–Crippen MR) is 157 cm³/mol. The van der Waals surface area contributed by atoms with Crippen LogP contribution in [0, 0.1) is 18.3 Å². The molecule has 0 aliphatic heterocycles. The van der Waals surface area contributed by atoms with Crippen molar-refractivity contribution in [1.29, 1.82) is 5.26 Å². The number of benzene rings is 3. The van der Waals surface area contributed by atoms with Crippen LogP contribution in [-0.2, 0) is 13.0 Å². The summed E-state index contributed by atoms with van der Waals surface area (Å²) in [6.45, 7) is 4.95. The highest BCUT2D eigenvalue weighted by Crippen LogP contribution is 2.36. The van der Waals surface area contributed by atoms with Crippen molar-refractivity contribution in [2.24, 2.45) is 5.73 Å². The van der Waals surface area contributed by atoms with Gasteiger partial charge < -0.3 is 25.5 Å². The maximum atomic E-state index is 13.3. The number of rotatable bonds is 11. The summed E-state index contributed by atoms with van der Waals surface area (Å²) in [6.07, 6.45) is 0.518. The number of carbonyl (C=O) groups excluding carboxylic acids is 1. The molecule has 8 heteroatoms. The summed E-state index contributed by atoms with van der Waals surface area (Å²) < 4.78 is 11.7. The third-order valence-corrected chi connectivity index (χ3v) is 7.12. The highest BCUT2D eigenvalue weighted by atomic mass is 35.5. The zero-order valence-electron chi connectivity index (χ0n) is 22.8. The highest BCUT2D eigenvalue weighted by Gasteiger charge is 2.21. The minimum Gasteiger partial charge on any atom is -0.496 e. The third-order valence-electron chi connectivity index (χ3n) is 6.81. The fourth-order valence-corrected chi connectivity index (χ4v) is 4.63. The number of nitrogens with zero attached hydrogens (tertiary/aromatic N) is 1. The topological polar surface area (TPSA) is 113 Å². The van der Waals surface area contributed by atoms with Gasteiger partial charge in [0.1, 0.15) is 17.3 Å². The van der Waals surface area contributed by atoms with Crippen molar-refractivity contribution in [1.82, 2.24) is 10.6 Å². The molecule has 1 aromatic heterocycles. The van der Waals surface area contributed by atoms with E-state index in [1.165, 1.54) is 11.1 Å². The van der Waals surface area contributed by atoms with Gasteiger partial charge in [-0.1, -0.05) is 53.6 Å². The molecule has 7 nitrogen and oxygen atoms in total. The SMILES string of the molecule is COc1cc(Cl)c(C(=O)N[C@@H](CN)Cc2ccc(C#N)cc2)cc1-c1ccc(CN[C@H](C)c2ccc(C)cc2)o1. The number of methoxy groups -OCH3 is 1. The van der Waals surface area contributed by atoms with Crippen LogP contribution in [0.4, 0.5) is 0 Å². The summed E-state index contributed by atoms with van der Waals surface area (Å²) in [5, 5.41) is 15.7. The summed E-state index contributed by atoms with van der Waals surface area (Å²) in [5.74, 6) is 1.47. The molecule has 4 rings (SSSR count). The maximum absolute atomic E-state index is 13.3. The zero-order valence-corrected chi connectivity index (χ0v) is 23.6. The lowest BCUT2D eigenvalue weighted by atomic mass is 10.0. The molecule has 4 aromatic rings. The van der Waals surface area contributed by atoms with Crippen LogP contribution in [0.2, 0.25) is 5.02 Å². The Morgan fingerprint density at radius 1 is 1.10 bits per heavy atom. The highest BCUT2D eigenvalue weighted by molar-refractivity contribution is 6.34. The zero-order chi connectivity index (χ0) is 28.6. The van der Waals surface area contributed by atoms with Crippen LogP contribution in [0.3, 0.4) is 0 Å². The van der Waals surface area contributed by atoms with E-state index in [-0.39, 0.29) is 29.6 Å². The molecule has 4 N–H and O–H groups in total. The monoisotopic (exact) mass is 556 g/mol. The Labute approximate surface area is 239 Å². The molecule has 1 heterocycles. The first kappa shape index (κ1) is 28.9. The number of hydrogen-bond donors (Lipinski definition) is 3. The molecule has 0 saturated heterocycles. The number of carbonyl (C=O) groups is 1. The van der Waals surface area contributed by atoms with Crippen molar-refractivity contribution in [3.8, 4) is 23.1 Å². The molecule has 0 radical (unpaired) electrons. The maximum Gasteiger partial charge on any atom is 0.253 e. The smallest absolute Gasteiger partial charge is 0.253 e. The van der Waals surface area contributed by atoms with Gasteiger partial charge >= 0.3 is 0 Å². The number of ether oxygens (including phenoxy) is 1. The van der Waals surface area contributed by atoms with Crippen LogP contribution in [-0.4, -0.2) is 25.6 Å². The van der Waals surface area contributed by atoms with E-state index in [2.05, 4.69) is 54.8 Å². The van der Waals surface area contributed by atoms with E-state index in [0.29, 0.717) is 41.2 Å². The Kier molecular flexibility index (Phi) is 9.62. The van der Waals surface area contributed by atoms with Crippen molar-refractivity contribution >= 4 is 17.5 Å². The Bertz CT molecular complexity index is 1490. The number of furan rings is 1. The van der Waals surface area contributed by atoms with E-state index in [0.717, 1.165) is 11.3 Å². The average molecular weight is 557 g/mol. The molecule has 2 atom stereocenters. The van der Waals surface area contributed by atoms with Gasteiger partial charge in [-0.2, -0.15) is 5.26 Å². The summed E-state index contributed by atoms with van der Waals surface area (Å²) in [6, 6.07) is 24.6. The van der Waals surface area contributed by atoms with Gasteiger partial charge in [-0.15, -0.1) is 0 Å². The van der Waals surface area contributed by atoms with Crippen LogP contribution in [0.5, 0.6) is 5.75 Å². The molecule has 0 spiro atoms. The second kappa shape index (κ2) is 13.3. The van der Waals surface area contributed by atoms with Crippen molar-refractivity contribution < 1.29 is 13.9 Å². The van der Waals surface area contributed by atoms with Gasteiger partial charge in [-0.05, 0) is 61.7 Å².